The van der Waals surface area contributed by atoms with Gasteiger partial charge in [-0.3, -0.25) is 19.2 Å². The van der Waals surface area contributed by atoms with E-state index in [-0.39, 0.29) is 0 Å². The molecule has 12 heteroatoms. The fraction of sp³-hybridized carbons (Fsp3) is 0.688. The molecule has 6 N–H and O–H groups in total. The van der Waals surface area contributed by atoms with E-state index in [0.29, 0.717) is 31.6 Å². The summed E-state index contributed by atoms with van der Waals surface area (Å²) in [6.45, 7) is -0.167. The topological polar surface area (TPSA) is 179 Å². The monoisotopic (exact) mass is 418 g/mol. The van der Waals surface area contributed by atoms with E-state index in [9.17, 15) is 29.1 Å². The van der Waals surface area contributed by atoms with Crippen LogP contribution >= 0.6 is 11.8 Å². The largest absolute Gasteiger partial charge is 0.481 e. The number of aliphatic carboxylic acids is 2. The van der Waals surface area contributed by atoms with Crippen LogP contribution in [-0.2, 0) is 24.0 Å². The van der Waals surface area contributed by atoms with Crippen LogP contribution in [0.3, 0.4) is 0 Å². The molecule has 28 heavy (non-hydrogen) atoms. The van der Waals surface area contributed by atoms with E-state index in [4.69, 9.17) is 10.8 Å². The van der Waals surface area contributed by atoms with E-state index in [1.807, 2.05) is 6.26 Å². The van der Waals surface area contributed by atoms with Gasteiger partial charge in [0.05, 0.1) is 19.0 Å². The van der Waals surface area contributed by atoms with Crippen LogP contribution in [0.2, 0.25) is 0 Å². The average Bonchev–Trinajstić information content (AvgIpc) is 3.11. The van der Waals surface area contributed by atoms with Crippen LogP contribution in [-0.4, -0.2) is 88.0 Å². The van der Waals surface area contributed by atoms with E-state index in [1.165, 1.54) is 16.7 Å². The van der Waals surface area contributed by atoms with Crippen molar-refractivity contribution in [2.24, 2.45) is 5.73 Å². The summed E-state index contributed by atoms with van der Waals surface area (Å²) in [6, 6.07) is -3.11. The van der Waals surface area contributed by atoms with Gasteiger partial charge in [-0.2, -0.15) is 11.8 Å². The Bertz CT molecular complexity index is 616. The van der Waals surface area contributed by atoms with Gasteiger partial charge in [-0.1, -0.05) is 0 Å². The lowest BCUT2D eigenvalue weighted by Gasteiger charge is -2.27. The molecule has 3 atom stereocenters. The Morgan fingerprint density at radius 2 is 1.93 bits per heavy atom. The molecular weight excluding hydrogens is 392 g/mol. The first kappa shape index (κ1) is 23.7. The van der Waals surface area contributed by atoms with E-state index >= 15 is 0 Å². The number of nitrogens with zero attached hydrogens (tertiary/aromatic N) is 1. The van der Waals surface area contributed by atoms with Gasteiger partial charge in [-0.25, -0.2) is 4.79 Å². The lowest BCUT2D eigenvalue weighted by atomic mass is 10.1. The highest BCUT2D eigenvalue weighted by atomic mass is 32.2. The molecular formula is C16H26N4O7S. The molecule has 1 aliphatic rings. The average molecular weight is 418 g/mol. The maximum absolute atomic E-state index is 12.7. The zero-order valence-electron chi connectivity index (χ0n) is 15.6. The number of carbonyl (C=O) groups excluding carboxylic acids is 3. The first-order chi connectivity index (χ1) is 13.2. The summed E-state index contributed by atoms with van der Waals surface area (Å²) in [7, 11) is 0. The predicted molar refractivity (Wildman–Crippen MR) is 101 cm³/mol. The number of carbonyl (C=O) groups is 5. The molecule has 0 aromatic heterocycles. The third-order valence-corrected chi connectivity index (χ3v) is 4.86. The normalized spacial score (nSPS) is 18.2. The third-order valence-electron chi connectivity index (χ3n) is 4.22. The van der Waals surface area contributed by atoms with Gasteiger partial charge in [-0.15, -0.1) is 0 Å². The number of nitrogens with two attached hydrogens (primary N) is 1. The Balaban J connectivity index is 2.66. The van der Waals surface area contributed by atoms with Crippen LogP contribution < -0.4 is 16.4 Å². The predicted octanol–water partition coefficient (Wildman–Crippen LogP) is -1.78. The number of thioether (sulfide) groups is 1. The molecule has 3 unspecified atom stereocenters. The number of carboxylic acid groups (broad SMARTS) is 2. The van der Waals surface area contributed by atoms with Gasteiger partial charge in [0.1, 0.15) is 12.1 Å². The summed E-state index contributed by atoms with van der Waals surface area (Å²) in [5.41, 5.74) is 5.40. The molecule has 1 saturated heterocycles. The van der Waals surface area contributed by atoms with E-state index in [1.54, 1.807) is 0 Å². The molecule has 1 rings (SSSR count). The van der Waals surface area contributed by atoms with Crippen molar-refractivity contribution in [1.29, 1.82) is 0 Å². The molecule has 1 fully saturated rings. The minimum Gasteiger partial charge on any atom is -0.481 e. The quantitative estimate of drug-likeness (QED) is 0.259. The zero-order valence-corrected chi connectivity index (χ0v) is 16.4. The van der Waals surface area contributed by atoms with Crippen LogP contribution in [0, 0.1) is 0 Å². The fourth-order valence-electron chi connectivity index (χ4n) is 2.81. The van der Waals surface area contributed by atoms with Gasteiger partial charge in [-0.05, 0) is 31.3 Å². The van der Waals surface area contributed by atoms with Crippen LogP contribution in [0.1, 0.15) is 25.7 Å². The van der Waals surface area contributed by atoms with Gasteiger partial charge in [0.15, 0.2) is 0 Å². The van der Waals surface area contributed by atoms with E-state index in [2.05, 4.69) is 10.6 Å². The van der Waals surface area contributed by atoms with Gasteiger partial charge >= 0.3 is 11.9 Å². The van der Waals surface area contributed by atoms with Crippen molar-refractivity contribution in [2.45, 2.75) is 43.8 Å². The molecule has 0 spiro atoms. The first-order valence-corrected chi connectivity index (χ1v) is 10.1. The summed E-state index contributed by atoms with van der Waals surface area (Å²) >= 11 is 1.47. The van der Waals surface area contributed by atoms with Crippen LogP contribution in [0.5, 0.6) is 0 Å². The third kappa shape index (κ3) is 7.35. The maximum atomic E-state index is 12.7. The Morgan fingerprint density at radius 3 is 2.50 bits per heavy atom. The van der Waals surface area contributed by atoms with Crippen LogP contribution in [0.4, 0.5) is 0 Å². The van der Waals surface area contributed by atoms with Gasteiger partial charge in [0, 0.05) is 6.54 Å². The van der Waals surface area contributed by atoms with Crippen LogP contribution in [0.25, 0.3) is 0 Å². The molecule has 0 saturated carbocycles. The number of hydrogen-bond donors (Lipinski definition) is 5. The molecule has 0 aromatic carbocycles. The summed E-state index contributed by atoms with van der Waals surface area (Å²) in [5.74, 6) is -3.68. The summed E-state index contributed by atoms with van der Waals surface area (Å²) in [6.07, 6.45) is 2.50. The molecule has 11 nitrogen and oxygen atoms in total. The standard InChI is InChI=1S/C16H26N4O7S/c1-28-6-4-10(15(25)20-5-2-3-11(20)16(26)27)19-12(21)8-18-14(24)9(17)7-13(22)23/h9-11H,2-8,17H2,1H3,(H,18,24)(H,19,21)(H,22,23)(H,26,27). The van der Waals surface area contributed by atoms with Gasteiger partial charge in [0.2, 0.25) is 17.7 Å². The van der Waals surface area contributed by atoms with Crippen molar-refractivity contribution < 1.29 is 34.2 Å². The van der Waals surface area contributed by atoms with Crippen molar-refractivity contribution in [1.82, 2.24) is 15.5 Å². The van der Waals surface area contributed by atoms with Crippen LogP contribution in [0.15, 0.2) is 0 Å². The molecule has 3 amide bonds. The number of likely N-dealkylation sites (tertiary alicyclic amines) is 1. The molecule has 0 radical (unpaired) electrons. The van der Waals surface area contributed by atoms with Crippen molar-refractivity contribution in [3.63, 3.8) is 0 Å². The maximum Gasteiger partial charge on any atom is 0.326 e. The highest BCUT2D eigenvalue weighted by molar-refractivity contribution is 7.98. The van der Waals surface area contributed by atoms with Gasteiger partial charge in [0.25, 0.3) is 0 Å². The molecule has 1 heterocycles. The second kappa shape index (κ2) is 11.5. The number of amides is 3. The van der Waals surface area contributed by atoms with E-state index < -0.39 is 60.8 Å². The number of hydrogen-bond acceptors (Lipinski definition) is 7. The minimum absolute atomic E-state index is 0.307. The fourth-order valence-corrected chi connectivity index (χ4v) is 3.28. The highest BCUT2D eigenvalue weighted by Gasteiger charge is 2.37. The van der Waals surface area contributed by atoms with Crippen molar-refractivity contribution >= 4 is 41.4 Å². The molecule has 158 valence electrons. The SMILES string of the molecule is CSCCC(NC(=O)CNC(=O)C(N)CC(=O)O)C(=O)N1CCCC1C(=O)O. The second-order valence-electron chi connectivity index (χ2n) is 6.35. The summed E-state index contributed by atoms with van der Waals surface area (Å²) in [5, 5.41) is 22.6. The minimum atomic E-state index is -1.29. The second-order valence-corrected chi connectivity index (χ2v) is 7.34. The van der Waals surface area contributed by atoms with Crippen molar-refractivity contribution in [3.05, 3.63) is 0 Å². The molecule has 0 aliphatic carbocycles. The molecule has 0 bridgehead atoms. The molecule has 0 aromatic rings. The zero-order chi connectivity index (χ0) is 21.3. The highest BCUT2D eigenvalue weighted by Crippen LogP contribution is 2.19. The lowest BCUT2D eigenvalue weighted by Crippen LogP contribution is -2.54. The Hall–Kier alpha value is -2.34. The Morgan fingerprint density at radius 1 is 1.25 bits per heavy atom. The van der Waals surface area contributed by atoms with E-state index in [0.717, 1.165) is 0 Å². The number of nitrogens with one attached hydrogen (secondary N) is 2. The van der Waals surface area contributed by atoms with Crippen molar-refractivity contribution in [3.8, 4) is 0 Å². The Labute approximate surface area is 166 Å². The van der Waals surface area contributed by atoms with Crippen molar-refractivity contribution in [2.75, 3.05) is 25.1 Å². The smallest absolute Gasteiger partial charge is 0.326 e. The molecule has 1 aliphatic heterocycles. The summed E-state index contributed by atoms with van der Waals surface area (Å²) < 4.78 is 0. The number of rotatable bonds is 11. The first-order valence-electron chi connectivity index (χ1n) is 8.74. The Kier molecular flexibility index (Phi) is 9.73. The lowest BCUT2D eigenvalue weighted by molar-refractivity contribution is -0.149. The number of carboxylic acids is 2. The van der Waals surface area contributed by atoms with Gasteiger partial charge < -0.3 is 31.5 Å². The summed E-state index contributed by atoms with van der Waals surface area (Å²) in [4.78, 5) is 59.7.